The molecule has 0 aliphatic rings. The van der Waals surface area contributed by atoms with Gasteiger partial charge < -0.3 is 4.98 Å². The van der Waals surface area contributed by atoms with Gasteiger partial charge in [-0.15, -0.1) is 0 Å². The number of aromatic amines is 1. The predicted octanol–water partition coefficient (Wildman–Crippen LogP) is 3.44. The maximum atomic E-state index is 13.6. The number of nitrogens with one attached hydrogen (secondary N) is 1. The Balaban J connectivity index is 2.10. The lowest BCUT2D eigenvalue weighted by Crippen LogP contribution is -1.90. The largest absolute Gasteiger partial charge is 0.341 e. The Morgan fingerprint density at radius 2 is 2.05 bits per heavy atom. The Morgan fingerprint density at radius 3 is 2.89 bits per heavy atom. The number of rotatable bonds is 2. The van der Waals surface area contributed by atoms with E-state index in [1.54, 1.807) is 0 Å². The first-order valence-corrected chi connectivity index (χ1v) is 6.32. The zero-order valence-electron chi connectivity index (χ0n) is 9.19. The van der Waals surface area contributed by atoms with E-state index < -0.39 is 11.6 Å². The monoisotopic (exact) mass is 298 g/mol. The average molecular weight is 299 g/mol. The molecule has 3 aromatic rings. The Labute approximate surface area is 115 Å². The van der Waals surface area contributed by atoms with E-state index >= 15 is 0 Å². The van der Waals surface area contributed by atoms with Gasteiger partial charge >= 0.3 is 0 Å². The quantitative estimate of drug-likeness (QED) is 0.582. The Hall–Kier alpha value is -1.73. The number of benzene rings is 1. The molecule has 0 saturated heterocycles. The van der Waals surface area contributed by atoms with Crippen LogP contribution in [0, 0.1) is 11.6 Å². The van der Waals surface area contributed by atoms with Gasteiger partial charge in [0.25, 0.3) is 0 Å². The lowest BCUT2D eigenvalue weighted by Gasteiger charge is -2.03. The third kappa shape index (κ3) is 2.39. The Bertz CT molecular complexity index is 762. The van der Waals surface area contributed by atoms with Gasteiger partial charge in [-0.3, -0.25) is 0 Å². The second-order valence-electron chi connectivity index (χ2n) is 3.58. The van der Waals surface area contributed by atoms with Gasteiger partial charge in [-0.25, -0.2) is 18.7 Å². The van der Waals surface area contributed by atoms with Crippen molar-refractivity contribution >= 4 is 34.5 Å². The van der Waals surface area contributed by atoms with E-state index in [1.165, 1.54) is 6.33 Å². The predicted molar refractivity (Wildman–Crippen MR) is 67.2 cm³/mol. The number of halogens is 3. The van der Waals surface area contributed by atoms with Gasteiger partial charge in [-0.1, -0.05) is 11.8 Å². The van der Waals surface area contributed by atoms with Crippen molar-refractivity contribution in [3.63, 3.8) is 0 Å². The molecule has 0 atom stereocenters. The molecule has 0 amide bonds. The molecule has 4 nitrogen and oxygen atoms in total. The minimum absolute atomic E-state index is 0.00101. The summed E-state index contributed by atoms with van der Waals surface area (Å²) in [5.41, 5.74) is 0.900. The number of fused-ring (bicyclic) bond motifs is 1. The summed E-state index contributed by atoms with van der Waals surface area (Å²) in [7, 11) is 0. The molecule has 0 radical (unpaired) electrons. The van der Waals surface area contributed by atoms with Crippen LogP contribution in [0.5, 0.6) is 0 Å². The molecular formula is C11H5ClF2N4S. The molecule has 1 N–H and O–H groups in total. The first kappa shape index (κ1) is 12.3. The molecule has 1 aromatic carbocycles. The summed E-state index contributed by atoms with van der Waals surface area (Å²) in [4.78, 5) is 14.8. The molecule has 2 aromatic heterocycles. The maximum Gasteiger partial charge on any atom is 0.225 e. The van der Waals surface area contributed by atoms with Crippen LogP contribution < -0.4 is 0 Å². The summed E-state index contributed by atoms with van der Waals surface area (Å²) in [6.45, 7) is 0. The molecule has 0 bridgehead atoms. The van der Waals surface area contributed by atoms with Gasteiger partial charge in [0.1, 0.15) is 22.2 Å². The van der Waals surface area contributed by atoms with E-state index in [1.807, 2.05) is 0 Å². The molecule has 0 aliphatic carbocycles. The fraction of sp³-hybridized carbons (Fsp3) is 0. The summed E-state index contributed by atoms with van der Waals surface area (Å²) in [6, 6.07) is 3.21. The topological polar surface area (TPSA) is 54.5 Å². The Kier molecular flexibility index (Phi) is 3.08. The van der Waals surface area contributed by atoms with Crippen LogP contribution in [0.25, 0.3) is 11.2 Å². The van der Waals surface area contributed by atoms with Gasteiger partial charge in [-0.05, 0) is 29.8 Å². The van der Waals surface area contributed by atoms with Gasteiger partial charge in [0, 0.05) is 0 Å². The molecule has 3 rings (SSSR count). The van der Waals surface area contributed by atoms with E-state index in [0.717, 1.165) is 30.0 Å². The fourth-order valence-corrected chi connectivity index (χ4v) is 2.66. The molecule has 2 heterocycles. The van der Waals surface area contributed by atoms with E-state index in [2.05, 4.69) is 19.9 Å². The number of imidazole rings is 1. The van der Waals surface area contributed by atoms with Crippen molar-refractivity contribution in [3.05, 3.63) is 41.4 Å². The van der Waals surface area contributed by atoms with Crippen LogP contribution in [-0.2, 0) is 0 Å². The molecule has 8 heteroatoms. The summed E-state index contributed by atoms with van der Waals surface area (Å²) in [6.07, 6.45) is 1.43. The van der Waals surface area contributed by atoms with Crippen LogP contribution in [0.1, 0.15) is 0 Å². The van der Waals surface area contributed by atoms with Crippen molar-refractivity contribution in [2.24, 2.45) is 0 Å². The van der Waals surface area contributed by atoms with Crippen molar-refractivity contribution in [3.8, 4) is 0 Å². The van der Waals surface area contributed by atoms with Crippen LogP contribution in [0.4, 0.5) is 8.78 Å². The second-order valence-corrected chi connectivity index (χ2v) is 4.94. The fourth-order valence-electron chi connectivity index (χ4n) is 1.51. The van der Waals surface area contributed by atoms with Crippen LogP contribution in [0.2, 0.25) is 5.28 Å². The lowest BCUT2D eigenvalue weighted by atomic mass is 10.3. The highest BCUT2D eigenvalue weighted by Crippen LogP contribution is 2.32. The first-order chi connectivity index (χ1) is 9.13. The highest BCUT2D eigenvalue weighted by Gasteiger charge is 2.13. The number of aromatic nitrogens is 4. The summed E-state index contributed by atoms with van der Waals surface area (Å²) >= 11 is 6.72. The molecule has 0 saturated carbocycles. The normalized spacial score (nSPS) is 11.1. The van der Waals surface area contributed by atoms with Gasteiger partial charge in [0.2, 0.25) is 5.28 Å². The summed E-state index contributed by atoms with van der Waals surface area (Å²) in [5, 5.41) is 0.385. The zero-order valence-corrected chi connectivity index (χ0v) is 10.8. The summed E-state index contributed by atoms with van der Waals surface area (Å²) in [5.74, 6) is -1.06. The number of H-pyrrole nitrogens is 1. The van der Waals surface area contributed by atoms with Crippen molar-refractivity contribution in [2.45, 2.75) is 9.92 Å². The molecule has 0 aliphatic heterocycles. The number of hydrogen-bond acceptors (Lipinski definition) is 4. The molecule has 96 valence electrons. The maximum absolute atomic E-state index is 13.6. The van der Waals surface area contributed by atoms with Crippen molar-refractivity contribution < 1.29 is 8.78 Å². The van der Waals surface area contributed by atoms with Gasteiger partial charge in [0.15, 0.2) is 5.65 Å². The summed E-state index contributed by atoms with van der Waals surface area (Å²) < 4.78 is 26.7. The van der Waals surface area contributed by atoms with Gasteiger partial charge in [-0.2, -0.15) is 4.98 Å². The van der Waals surface area contributed by atoms with Crippen LogP contribution in [0.3, 0.4) is 0 Å². The molecule has 0 unspecified atom stereocenters. The zero-order chi connectivity index (χ0) is 13.4. The van der Waals surface area contributed by atoms with Crippen LogP contribution in [-0.4, -0.2) is 19.9 Å². The standard InChI is InChI=1S/C11H5ClF2N4S/c12-11-17-9-8(15-4-16-9)10(18-11)19-7-3-5(13)1-2-6(7)14/h1-4H,(H,15,16,17,18). The molecule has 19 heavy (non-hydrogen) atoms. The van der Waals surface area contributed by atoms with Crippen molar-refractivity contribution in [1.29, 1.82) is 0 Å². The smallest absolute Gasteiger partial charge is 0.225 e. The minimum Gasteiger partial charge on any atom is -0.341 e. The van der Waals surface area contributed by atoms with Crippen molar-refractivity contribution in [1.82, 2.24) is 19.9 Å². The SMILES string of the molecule is Fc1ccc(F)c(Sc2nc(Cl)nc3nc[nH]c23)c1. The van der Waals surface area contributed by atoms with E-state index in [-0.39, 0.29) is 10.2 Å². The van der Waals surface area contributed by atoms with E-state index in [9.17, 15) is 8.78 Å². The second kappa shape index (κ2) is 4.75. The van der Waals surface area contributed by atoms with Crippen LogP contribution in [0.15, 0.2) is 34.4 Å². The Morgan fingerprint density at radius 1 is 1.21 bits per heavy atom. The lowest BCUT2D eigenvalue weighted by molar-refractivity contribution is 0.577. The van der Waals surface area contributed by atoms with E-state index in [0.29, 0.717) is 16.2 Å². The number of nitrogens with zero attached hydrogens (tertiary/aromatic N) is 3. The van der Waals surface area contributed by atoms with Crippen molar-refractivity contribution in [2.75, 3.05) is 0 Å². The first-order valence-electron chi connectivity index (χ1n) is 5.13. The number of hydrogen-bond donors (Lipinski definition) is 1. The highest BCUT2D eigenvalue weighted by molar-refractivity contribution is 7.99. The minimum atomic E-state index is -0.534. The molecular weight excluding hydrogens is 294 g/mol. The molecule has 0 spiro atoms. The van der Waals surface area contributed by atoms with E-state index in [4.69, 9.17) is 11.6 Å². The molecule has 0 fully saturated rings. The van der Waals surface area contributed by atoms with Gasteiger partial charge in [0.05, 0.1) is 11.2 Å². The highest BCUT2D eigenvalue weighted by atomic mass is 35.5. The van der Waals surface area contributed by atoms with Crippen LogP contribution >= 0.6 is 23.4 Å². The third-order valence-electron chi connectivity index (χ3n) is 2.33. The third-order valence-corrected chi connectivity index (χ3v) is 3.52. The average Bonchev–Trinajstić information content (AvgIpc) is 2.82.